The maximum atomic E-state index is 13.1. The quantitative estimate of drug-likeness (QED) is 0.665. The average Bonchev–Trinajstić information content (AvgIpc) is 3.28. The average molecular weight is 421 g/mol. The zero-order valence-corrected chi connectivity index (χ0v) is 15.4. The summed E-state index contributed by atoms with van der Waals surface area (Å²) in [4.78, 5) is -0.341. The number of hydrogen-bond acceptors (Lipinski definition) is 5. The van der Waals surface area contributed by atoms with Gasteiger partial charge in [-0.25, -0.2) is 0 Å². The molecule has 29 heavy (non-hydrogen) atoms. The predicted molar refractivity (Wildman–Crippen MR) is 95.4 cm³/mol. The second-order valence-corrected chi connectivity index (χ2v) is 8.77. The monoisotopic (exact) mass is 421 g/mol. The Balaban J connectivity index is 1.61. The standard InChI is InChI=1S/C19H14F3N3O3S/c20-19(21,22)10-5-7-11(8-6-10)29(27,28)25-17-14(9-23-25)15-12-3-1-2-4-13(12)16(24-15)18(17)26/h1-9,15-16,18,24,26H. The number of benzene rings is 2. The minimum atomic E-state index is -4.57. The van der Waals surface area contributed by atoms with E-state index in [4.69, 9.17) is 0 Å². The molecule has 10 heteroatoms. The summed E-state index contributed by atoms with van der Waals surface area (Å²) < 4.78 is 65.2. The topological polar surface area (TPSA) is 84.2 Å². The molecule has 3 atom stereocenters. The van der Waals surface area contributed by atoms with Gasteiger partial charge in [-0.2, -0.15) is 30.8 Å². The van der Waals surface area contributed by atoms with Gasteiger partial charge < -0.3 is 5.11 Å². The van der Waals surface area contributed by atoms with Crippen LogP contribution in [0.4, 0.5) is 13.2 Å². The van der Waals surface area contributed by atoms with Gasteiger partial charge in [0.2, 0.25) is 0 Å². The summed E-state index contributed by atoms with van der Waals surface area (Å²) in [7, 11) is -4.29. The lowest BCUT2D eigenvalue weighted by Gasteiger charge is -2.28. The lowest BCUT2D eigenvalue weighted by molar-refractivity contribution is -0.137. The third-order valence-corrected chi connectivity index (χ3v) is 7.02. The Hall–Kier alpha value is -2.69. The summed E-state index contributed by atoms with van der Waals surface area (Å²) in [5.74, 6) is 0. The smallest absolute Gasteiger partial charge is 0.385 e. The van der Waals surface area contributed by atoms with E-state index in [9.17, 15) is 26.7 Å². The van der Waals surface area contributed by atoms with E-state index in [1.807, 2.05) is 24.3 Å². The molecule has 0 radical (unpaired) electrons. The number of halogens is 3. The van der Waals surface area contributed by atoms with Gasteiger partial charge in [0.15, 0.2) is 0 Å². The first-order valence-corrected chi connectivity index (χ1v) is 10.2. The lowest BCUT2D eigenvalue weighted by atomic mass is 9.99. The van der Waals surface area contributed by atoms with Crippen LogP contribution in [0.25, 0.3) is 0 Å². The molecule has 6 nitrogen and oxygen atoms in total. The molecule has 150 valence electrons. The number of alkyl halides is 3. The van der Waals surface area contributed by atoms with E-state index in [0.29, 0.717) is 17.7 Å². The van der Waals surface area contributed by atoms with E-state index in [0.717, 1.165) is 27.3 Å². The van der Waals surface area contributed by atoms with Gasteiger partial charge in [0.1, 0.15) is 6.10 Å². The molecule has 0 amide bonds. The summed E-state index contributed by atoms with van der Waals surface area (Å²) >= 11 is 0. The predicted octanol–water partition coefficient (Wildman–Crippen LogP) is 2.92. The first-order chi connectivity index (χ1) is 13.7. The Morgan fingerprint density at radius 2 is 1.66 bits per heavy atom. The number of aliphatic hydroxyl groups is 1. The van der Waals surface area contributed by atoms with Crippen LogP contribution < -0.4 is 5.32 Å². The minimum Gasteiger partial charge on any atom is -0.385 e. The van der Waals surface area contributed by atoms with Crippen LogP contribution >= 0.6 is 0 Å². The van der Waals surface area contributed by atoms with E-state index < -0.39 is 33.9 Å². The van der Waals surface area contributed by atoms with Crippen LogP contribution in [-0.4, -0.2) is 22.7 Å². The molecule has 0 saturated heterocycles. The van der Waals surface area contributed by atoms with Crippen molar-refractivity contribution in [2.24, 2.45) is 0 Å². The third-order valence-electron chi connectivity index (χ3n) is 5.41. The van der Waals surface area contributed by atoms with Crippen molar-refractivity contribution in [3.8, 4) is 0 Å². The SMILES string of the molecule is O=S(=O)(c1ccc(C(F)(F)F)cc1)n1ncc2c1C(O)C1NC2c2ccccc21. The van der Waals surface area contributed by atoms with Gasteiger partial charge in [-0.1, -0.05) is 24.3 Å². The van der Waals surface area contributed by atoms with Gasteiger partial charge >= 0.3 is 6.18 Å². The zero-order chi connectivity index (χ0) is 20.6. The zero-order valence-electron chi connectivity index (χ0n) is 14.6. The van der Waals surface area contributed by atoms with Crippen molar-refractivity contribution < 1.29 is 26.7 Å². The molecule has 0 saturated carbocycles. The Kier molecular flexibility index (Phi) is 3.74. The number of hydrogen-bond donors (Lipinski definition) is 2. The van der Waals surface area contributed by atoms with Crippen molar-refractivity contribution in [2.45, 2.75) is 29.3 Å². The van der Waals surface area contributed by atoms with E-state index in [1.165, 1.54) is 6.20 Å². The molecule has 0 spiro atoms. The Morgan fingerprint density at radius 3 is 2.31 bits per heavy atom. The van der Waals surface area contributed by atoms with E-state index in [1.54, 1.807) is 0 Å². The molecule has 5 rings (SSSR count). The van der Waals surface area contributed by atoms with Crippen LogP contribution in [-0.2, 0) is 16.2 Å². The number of nitrogens with one attached hydrogen (secondary N) is 1. The molecule has 3 aromatic rings. The summed E-state index contributed by atoms with van der Waals surface area (Å²) in [6.07, 6.45) is -4.38. The molecule has 2 N–H and O–H groups in total. The third kappa shape index (κ3) is 2.56. The molecule has 0 aliphatic carbocycles. The molecule has 2 bridgehead atoms. The highest BCUT2D eigenvalue weighted by molar-refractivity contribution is 7.89. The molecule has 2 aliphatic rings. The largest absolute Gasteiger partial charge is 0.416 e. The first kappa shape index (κ1) is 18.3. The fraction of sp³-hybridized carbons (Fsp3) is 0.211. The van der Waals surface area contributed by atoms with Gasteiger partial charge in [0, 0.05) is 5.56 Å². The maximum absolute atomic E-state index is 13.1. The van der Waals surface area contributed by atoms with E-state index >= 15 is 0 Å². The van der Waals surface area contributed by atoms with Crippen molar-refractivity contribution in [2.75, 3.05) is 0 Å². The molecular weight excluding hydrogens is 407 g/mol. The number of fused-ring (bicyclic) bond motifs is 7. The van der Waals surface area contributed by atoms with Crippen LogP contribution in [0.1, 0.15) is 46.1 Å². The molecular formula is C19H14F3N3O3S. The van der Waals surface area contributed by atoms with E-state index in [-0.39, 0.29) is 16.6 Å². The number of rotatable bonds is 2. The Morgan fingerprint density at radius 1 is 1.00 bits per heavy atom. The second kappa shape index (κ2) is 5.91. The highest BCUT2D eigenvalue weighted by Crippen LogP contribution is 2.49. The number of aliphatic hydroxyl groups excluding tert-OH is 1. The lowest BCUT2D eigenvalue weighted by Crippen LogP contribution is -2.33. The van der Waals surface area contributed by atoms with Gasteiger partial charge in [0.05, 0.1) is 34.4 Å². The fourth-order valence-corrected chi connectivity index (χ4v) is 5.38. The van der Waals surface area contributed by atoms with Crippen molar-refractivity contribution >= 4 is 10.0 Å². The van der Waals surface area contributed by atoms with Crippen molar-refractivity contribution in [1.82, 2.24) is 14.5 Å². The number of nitrogens with zero attached hydrogens (tertiary/aromatic N) is 2. The molecule has 3 heterocycles. The number of aromatic nitrogens is 2. The summed E-state index contributed by atoms with van der Waals surface area (Å²) in [5, 5.41) is 18.1. The molecule has 2 aliphatic heterocycles. The highest BCUT2D eigenvalue weighted by Gasteiger charge is 2.46. The fourth-order valence-electron chi connectivity index (χ4n) is 4.06. The highest BCUT2D eigenvalue weighted by atomic mass is 32.2. The minimum absolute atomic E-state index is 0.120. The summed E-state index contributed by atoms with van der Waals surface area (Å²) in [6.45, 7) is 0. The normalized spacial score (nSPS) is 23.0. The van der Waals surface area contributed by atoms with Crippen molar-refractivity contribution in [1.29, 1.82) is 0 Å². The Bertz CT molecular complexity index is 1220. The van der Waals surface area contributed by atoms with Crippen LogP contribution in [0.5, 0.6) is 0 Å². The van der Waals surface area contributed by atoms with Crippen LogP contribution in [0, 0.1) is 0 Å². The van der Waals surface area contributed by atoms with E-state index in [2.05, 4.69) is 10.4 Å². The first-order valence-electron chi connectivity index (χ1n) is 8.73. The summed E-state index contributed by atoms with van der Waals surface area (Å²) in [5.41, 5.74) is 1.50. The van der Waals surface area contributed by atoms with Crippen molar-refractivity contribution in [3.63, 3.8) is 0 Å². The molecule has 3 unspecified atom stereocenters. The summed E-state index contributed by atoms with van der Waals surface area (Å²) in [6, 6.07) is 9.85. The van der Waals surface area contributed by atoms with Gasteiger partial charge in [-0.05, 0) is 35.4 Å². The van der Waals surface area contributed by atoms with Crippen molar-refractivity contribution in [3.05, 3.63) is 82.7 Å². The molecule has 0 fully saturated rings. The van der Waals surface area contributed by atoms with Gasteiger partial charge in [0.25, 0.3) is 10.0 Å². The van der Waals surface area contributed by atoms with Gasteiger partial charge in [-0.15, -0.1) is 0 Å². The second-order valence-electron chi connectivity index (χ2n) is 7.01. The van der Waals surface area contributed by atoms with Crippen LogP contribution in [0.15, 0.2) is 59.6 Å². The molecule has 2 aromatic carbocycles. The maximum Gasteiger partial charge on any atom is 0.416 e. The molecule has 1 aromatic heterocycles. The van der Waals surface area contributed by atoms with Gasteiger partial charge in [-0.3, -0.25) is 5.32 Å². The van der Waals surface area contributed by atoms with Crippen LogP contribution in [0.3, 0.4) is 0 Å². The van der Waals surface area contributed by atoms with Crippen LogP contribution in [0.2, 0.25) is 0 Å². The Labute approximate surface area is 163 Å².